The van der Waals surface area contributed by atoms with Crippen LogP contribution in [0.4, 0.5) is 34.4 Å². The number of rotatable bonds is 13. The molecule has 1 aliphatic rings. The van der Waals surface area contributed by atoms with Crippen molar-refractivity contribution in [3.05, 3.63) is 150 Å². The summed E-state index contributed by atoms with van der Waals surface area (Å²) in [5, 5.41) is 8.22. The van der Waals surface area contributed by atoms with Gasteiger partial charge >= 0.3 is 5.91 Å². The average Bonchev–Trinajstić information content (AvgIpc) is 3.35. The number of ether oxygens (including phenoxy) is 4. The number of benzene rings is 4. The standard InChI is InChI=1S/C29H27Cl2N3O4.C24H22Cl2N4O3/c1-7-19(35)12-17-10-8-9-11-21(17)33-28-16(2)27-18(15-32-28)13-20(29(36)34(27,3)4)24-25(30)22(37-5)14-23(38-6)26(24)31;1-12-22-13(11-28-23(12)29-16-8-6-5-7-15(16)27)9-14(24(31)30(22)2)19-20(25)17(32-3)10-18(33-4)21(19)26/h7-11,13-15H,1,12H2,2-6H3;5-11H,27H2,1-4H3,(H,28,29)/p+1. The normalized spacial score (nSPS) is 12.5. The number of halogens is 4. The smallest absolute Gasteiger partial charge is 0.351 e. The Bertz CT molecular complexity index is 3350. The Morgan fingerprint density at radius 1 is 0.746 bits per heavy atom. The first kappa shape index (κ1) is 51.8. The molecular formula is C53H50Cl4N7O7+. The monoisotopic (exact) mass is 1040 g/mol. The molecule has 14 nitrogen and oxygen atoms in total. The number of carbonyl (C=O) groups excluding carboxylic acids is 2. The lowest BCUT2D eigenvalue weighted by molar-refractivity contribution is -0.122. The topological polar surface area (TPSA) is 169 Å². The van der Waals surface area contributed by atoms with Crippen molar-refractivity contribution in [2.45, 2.75) is 20.3 Å². The number of ketones is 1. The van der Waals surface area contributed by atoms with Crippen LogP contribution in [-0.2, 0) is 23.1 Å². The fourth-order valence-electron chi connectivity index (χ4n) is 8.54. The Balaban J connectivity index is 0.000000211. The summed E-state index contributed by atoms with van der Waals surface area (Å²) in [6.45, 7) is 7.36. The van der Waals surface area contributed by atoms with Gasteiger partial charge in [-0.05, 0) is 55.8 Å². The van der Waals surface area contributed by atoms with E-state index in [0.29, 0.717) is 62.6 Å². The summed E-state index contributed by atoms with van der Waals surface area (Å²) >= 11 is 26.4. The second-order valence-electron chi connectivity index (χ2n) is 16.7. The summed E-state index contributed by atoms with van der Waals surface area (Å²) in [5.74, 6) is 2.27. The summed E-state index contributed by atoms with van der Waals surface area (Å²) in [6, 6.07) is 19.8. The summed E-state index contributed by atoms with van der Waals surface area (Å²) in [7, 11) is 11.2. The van der Waals surface area contributed by atoms with Gasteiger partial charge in [-0.2, -0.15) is 0 Å². The molecule has 0 saturated heterocycles. The lowest BCUT2D eigenvalue weighted by Crippen LogP contribution is -2.49. The van der Waals surface area contributed by atoms with Gasteiger partial charge in [0.2, 0.25) is 0 Å². The number of fused-ring (bicyclic) bond motifs is 2. The summed E-state index contributed by atoms with van der Waals surface area (Å²) in [5.41, 5.74) is 13.8. The number of anilines is 5. The van der Waals surface area contributed by atoms with Crippen LogP contribution in [0, 0.1) is 13.8 Å². The largest absolute Gasteiger partial charge is 0.495 e. The number of methoxy groups -OCH3 is 4. The molecular weight excluding hydrogens is 988 g/mol. The number of amides is 1. The van der Waals surface area contributed by atoms with Gasteiger partial charge in [0.15, 0.2) is 11.5 Å². The summed E-state index contributed by atoms with van der Waals surface area (Å²) in [6.07, 6.45) is 6.66. The molecule has 0 saturated carbocycles. The van der Waals surface area contributed by atoms with Gasteiger partial charge in [-0.1, -0.05) is 83.3 Å². The Labute approximate surface area is 430 Å². The van der Waals surface area contributed by atoms with Crippen molar-refractivity contribution in [3.8, 4) is 34.1 Å². The zero-order valence-electron chi connectivity index (χ0n) is 40.3. The van der Waals surface area contributed by atoms with E-state index in [2.05, 4.69) is 27.2 Å². The van der Waals surface area contributed by atoms with E-state index in [0.717, 1.165) is 50.2 Å². The van der Waals surface area contributed by atoms with E-state index >= 15 is 0 Å². The predicted molar refractivity (Wildman–Crippen MR) is 288 cm³/mol. The molecule has 1 aliphatic heterocycles. The van der Waals surface area contributed by atoms with E-state index in [1.54, 1.807) is 68.4 Å². The highest BCUT2D eigenvalue weighted by molar-refractivity contribution is 6.44. The van der Waals surface area contributed by atoms with Crippen molar-refractivity contribution in [2.75, 3.05) is 58.9 Å². The third-order valence-electron chi connectivity index (χ3n) is 12.2. The van der Waals surface area contributed by atoms with Crippen LogP contribution in [0.5, 0.6) is 23.0 Å². The number of quaternary nitrogens is 1. The van der Waals surface area contributed by atoms with Crippen LogP contribution >= 0.6 is 46.4 Å². The van der Waals surface area contributed by atoms with Crippen LogP contribution < -0.4 is 45.4 Å². The van der Waals surface area contributed by atoms with E-state index in [4.69, 9.17) is 71.1 Å². The number of para-hydroxylation sites is 3. The van der Waals surface area contributed by atoms with E-state index in [9.17, 15) is 14.4 Å². The molecule has 0 unspecified atom stereocenters. The quantitative estimate of drug-likeness (QED) is 0.0569. The maximum Gasteiger partial charge on any atom is 0.351 e. The van der Waals surface area contributed by atoms with Crippen molar-refractivity contribution in [3.63, 3.8) is 0 Å². The first-order valence-electron chi connectivity index (χ1n) is 21.8. The zero-order valence-corrected chi connectivity index (χ0v) is 43.3. The number of hydrogen-bond donors (Lipinski definition) is 3. The minimum Gasteiger partial charge on any atom is -0.495 e. The number of aromatic nitrogens is 3. The van der Waals surface area contributed by atoms with Gasteiger partial charge in [0, 0.05) is 65.8 Å². The highest BCUT2D eigenvalue weighted by Crippen LogP contribution is 2.49. The van der Waals surface area contributed by atoms with Crippen LogP contribution in [0.3, 0.4) is 0 Å². The third-order valence-corrected chi connectivity index (χ3v) is 13.7. The maximum atomic E-state index is 14.0. The third kappa shape index (κ3) is 9.73. The van der Waals surface area contributed by atoms with Crippen LogP contribution in [0.2, 0.25) is 20.1 Å². The van der Waals surface area contributed by atoms with Crippen molar-refractivity contribution in [2.24, 2.45) is 7.05 Å². The molecule has 0 spiro atoms. The van der Waals surface area contributed by atoms with E-state index < -0.39 is 0 Å². The van der Waals surface area contributed by atoms with Gasteiger partial charge in [0.1, 0.15) is 34.6 Å². The highest BCUT2D eigenvalue weighted by Gasteiger charge is 2.43. The van der Waals surface area contributed by atoms with Gasteiger partial charge in [0.05, 0.1) is 102 Å². The molecule has 0 atom stereocenters. The minimum absolute atomic E-state index is 0.0815. The highest BCUT2D eigenvalue weighted by atomic mass is 35.5. The molecule has 71 heavy (non-hydrogen) atoms. The molecule has 18 heteroatoms. The molecule has 0 aliphatic carbocycles. The number of allylic oxidation sites excluding steroid dienone is 1. The number of hydrogen-bond acceptors (Lipinski definition) is 12. The molecule has 3 aromatic heterocycles. The number of nitrogens with two attached hydrogens (primary N) is 1. The molecule has 0 radical (unpaired) electrons. The summed E-state index contributed by atoms with van der Waals surface area (Å²) < 4.78 is 23.0. The van der Waals surface area contributed by atoms with Crippen molar-refractivity contribution in [1.29, 1.82) is 0 Å². The van der Waals surface area contributed by atoms with Crippen molar-refractivity contribution >= 4 is 115 Å². The number of nitrogen functional groups attached to an aromatic ring is 1. The first-order valence-corrected chi connectivity index (χ1v) is 23.3. The number of nitrogens with one attached hydrogen (secondary N) is 2. The molecule has 8 rings (SSSR count). The molecule has 1 amide bonds. The first-order chi connectivity index (χ1) is 33.8. The number of carbonyl (C=O) groups is 2. The van der Waals surface area contributed by atoms with E-state index in [-0.39, 0.29) is 48.2 Å². The molecule has 4 N–H and O–H groups in total. The van der Waals surface area contributed by atoms with Crippen LogP contribution in [0.15, 0.2) is 96.6 Å². The van der Waals surface area contributed by atoms with Gasteiger partial charge in [-0.3, -0.25) is 9.59 Å². The van der Waals surface area contributed by atoms with Crippen LogP contribution in [0.1, 0.15) is 27.8 Å². The fraction of sp³-hybridized carbons (Fsp3) is 0.189. The van der Waals surface area contributed by atoms with Gasteiger partial charge in [0.25, 0.3) is 5.56 Å². The average molecular weight is 1040 g/mol. The summed E-state index contributed by atoms with van der Waals surface area (Å²) in [4.78, 5) is 48.7. The lowest BCUT2D eigenvalue weighted by atomic mass is 9.93. The van der Waals surface area contributed by atoms with Gasteiger partial charge in [-0.15, -0.1) is 0 Å². The molecule has 7 aromatic rings. The van der Waals surface area contributed by atoms with Crippen molar-refractivity contribution < 1.29 is 28.5 Å². The Kier molecular flexibility index (Phi) is 15.4. The fourth-order valence-corrected chi connectivity index (χ4v) is 9.94. The van der Waals surface area contributed by atoms with Crippen LogP contribution in [-0.4, -0.2) is 68.8 Å². The Hall–Kier alpha value is -7.07. The molecule has 4 heterocycles. The maximum absolute atomic E-state index is 14.0. The van der Waals surface area contributed by atoms with Crippen LogP contribution in [0.25, 0.3) is 33.7 Å². The predicted octanol–water partition coefficient (Wildman–Crippen LogP) is 12.0. The Morgan fingerprint density at radius 2 is 1.25 bits per heavy atom. The molecule has 0 bridgehead atoms. The van der Waals surface area contributed by atoms with Crippen molar-refractivity contribution in [1.82, 2.24) is 19.0 Å². The zero-order chi connectivity index (χ0) is 51.6. The van der Waals surface area contributed by atoms with E-state index in [1.807, 2.05) is 56.3 Å². The Morgan fingerprint density at radius 3 is 1.82 bits per heavy atom. The van der Waals surface area contributed by atoms with E-state index in [1.165, 1.54) is 34.5 Å². The second-order valence-corrected chi connectivity index (χ2v) is 18.2. The SMILES string of the molecule is C=CC(=O)Cc1ccccc1Nc1ncc2c(c1C)[N+](C)(C)C(=O)C(c1c(Cl)c(OC)cc(OC)c1Cl)=C2.COc1cc(OC)c(Cl)c(-c2cc3cnc(Nc4ccccc4N)c(C)c3n(C)c2=O)c1Cl. The molecule has 4 aromatic carbocycles. The number of likely N-dealkylation sites (N-methyl/N-ethyl adjacent to an activating group) is 1. The van der Waals surface area contributed by atoms with Gasteiger partial charge in [-0.25, -0.2) is 19.2 Å². The molecule has 0 fully saturated rings. The number of pyridine rings is 3. The van der Waals surface area contributed by atoms with Gasteiger partial charge < -0.3 is 39.9 Å². The second kappa shape index (κ2) is 21.1. The number of nitrogens with zero attached hydrogens (tertiary/aromatic N) is 4. The number of aryl methyl sites for hydroxylation is 2. The molecule has 366 valence electrons. The minimum atomic E-state index is -0.277. The lowest BCUT2D eigenvalue weighted by Gasteiger charge is -2.34.